The van der Waals surface area contributed by atoms with Gasteiger partial charge in [0, 0.05) is 6.42 Å². The van der Waals surface area contributed by atoms with Gasteiger partial charge < -0.3 is 14.9 Å². The Kier molecular flexibility index (Phi) is 3.54. The Morgan fingerprint density at radius 1 is 1.53 bits per heavy atom. The lowest BCUT2D eigenvalue weighted by Gasteiger charge is -2.23. The third-order valence-corrected chi connectivity index (χ3v) is 3.59. The van der Waals surface area contributed by atoms with Gasteiger partial charge in [0.25, 0.3) is 0 Å². The molecule has 1 aliphatic rings. The number of aliphatic hydroxyl groups is 1. The maximum Gasteiger partial charge on any atom is 0.309 e. The zero-order chi connectivity index (χ0) is 14.2. The van der Waals surface area contributed by atoms with Gasteiger partial charge in [-0.05, 0) is 50.5 Å². The average molecular weight is 264 g/mol. The molecule has 2 atom stereocenters. The van der Waals surface area contributed by atoms with E-state index in [-0.39, 0.29) is 12.5 Å². The molecule has 0 aliphatic carbocycles. The molecular formula is C15H20O4. The second-order valence-electron chi connectivity index (χ2n) is 5.91. The van der Waals surface area contributed by atoms with Crippen LogP contribution in [0.15, 0.2) is 18.2 Å². The number of carboxylic acid groups (broad SMARTS) is 1. The topological polar surface area (TPSA) is 66.8 Å². The van der Waals surface area contributed by atoms with Crippen LogP contribution in [0.3, 0.4) is 0 Å². The molecule has 0 fully saturated rings. The van der Waals surface area contributed by atoms with Crippen LogP contribution in [0.4, 0.5) is 0 Å². The van der Waals surface area contributed by atoms with Crippen LogP contribution in [0.2, 0.25) is 0 Å². The van der Waals surface area contributed by atoms with E-state index in [0.717, 1.165) is 23.3 Å². The monoisotopic (exact) mass is 264 g/mol. The molecular weight excluding hydrogens is 244 g/mol. The second-order valence-corrected chi connectivity index (χ2v) is 5.91. The van der Waals surface area contributed by atoms with Gasteiger partial charge in [-0.15, -0.1) is 0 Å². The number of rotatable bonds is 4. The predicted molar refractivity (Wildman–Crippen MR) is 71.2 cm³/mol. The molecule has 0 radical (unpaired) electrons. The maximum absolute atomic E-state index is 11.1. The molecule has 4 nitrogen and oxygen atoms in total. The Hall–Kier alpha value is -1.55. The number of aliphatic carboxylic acids is 1. The quantitative estimate of drug-likeness (QED) is 0.877. The van der Waals surface area contributed by atoms with E-state index in [4.69, 9.17) is 9.84 Å². The van der Waals surface area contributed by atoms with Crippen molar-refractivity contribution in [3.05, 3.63) is 29.3 Å². The number of aliphatic hydroxyl groups excluding tert-OH is 1. The van der Waals surface area contributed by atoms with Crippen molar-refractivity contribution >= 4 is 5.97 Å². The van der Waals surface area contributed by atoms with Gasteiger partial charge in [0.2, 0.25) is 0 Å². The third-order valence-electron chi connectivity index (χ3n) is 3.59. The van der Waals surface area contributed by atoms with E-state index < -0.39 is 17.5 Å². The van der Waals surface area contributed by atoms with Gasteiger partial charge >= 0.3 is 5.97 Å². The highest BCUT2D eigenvalue weighted by Gasteiger charge is 2.31. The average Bonchev–Trinajstić information content (AvgIpc) is 2.66. The van der Waals surface area contributed by atoms with Crippen LogP contribution in [0, 0.1) is 5.41 Å². The van der Waals surface area contributed by atoms with E-state index in [2.05, 4.69) is 0 Å². The van der Waals surface area contributed by atoms with Crippen LogP contribution in [0.5, 0.6) is 5.75 Å². The molecule has 1 aromatic rings. The first kappa shape index (κ1) is 13.9. The van der Waals surface area contributed by atoms with Crippen LogP contribution in [-0.4, -0.2) is 22.3 Å². The number of benzene rings is 1. The lowest BCUT2D eigenvalue weighted by molar-refractivity contribution is -0.148. The molecule has 2 unspecified atom stereocenters. The number of carbonyl (C=O) groups is 1. The van der Waals surface area contributed by atoms with Crippen molar-refractivity contribution in [2.75, 3.05) is 0 Å². The van der Waals surface area contributed by atoms with E-state index in [1.807, 2.05) is 19.1 Å². The van der Waals surface area contributed by atoms with Crippen molar-refractivity contribution in [1.82, 2.24) is 0 Å². The molecule has 0 bridgehead atoms. The summed E-state index contributed by atoms with van der Waals surface area (Å²) in [5.41, 5.74) is 0.894. The summed E-state index contributed by atoms with van der Waals surface area (Å²) in [6.07, 6.45) is 0.417. The highest BCUT2D eigenvalue weighted by molar-refractivity contribution is 5.73. The summed E-state index contributed by atoms with van der Waals surface area (Å²) in [6.45, 7) is 5.25. The number of ether oxygens (including phenoxy) is 1. The minimum absolute atomic E-state index is 0.165. The molecule has 0 amide bonds. The number of carboxylic acids is 1. The molecule has 1 aromatic carbocycles. The Morgan fingerprint density at radius 2 is 2.21 bits per heavy atom. The highest BCUT2D eigenvalue weighted by atomic mass is 16.5. The van der Waals surface area contributed by atoms with E-state index in [0.29, 0.717) is 0 Å². The molecule has 19 heavy (non-hydrogen) atoms. The molecule has 2 rings (SSSR count). The smallest absolute Gasteiger partial charge is 0.309 e. The van der Waals surface area contributed by atoms with Crippen molar-refractivity contribution < 1.29 is 19.7 Å². The summed E-state index contributed by atoms with van der Waals surface area (Å²) in [4.78, 5) is 11.1. The standard InChI is InChI=1S/C15H20O4/c1-9-6-11-7-10(4-5-13(11)19-9)12(16)8-15(2,3)14(17)18/h4-5,7,9,12,16H,6,8H2,1-3H3,(H,17,18). The van der Waals surface area contributed by atoms with E-state index in [9.17, 15) is 9.90 Å². The largest absolute Gasteiger partial charge is 0.490 e. The minimum Gasteiger partial charge on any atom is -0.490 e. The number of fused-ring (bicyclic) bond motifs is 1. The molecule has 1 heterocycles. The summed E-state index contributed by atoms with van der Waals surface area (Å²) in [6, 6.07) is 5.58. The van der Waals surface area contributed by atoms with Gasteiger partial charge in [-0.2, -0.15) is 0 Å². The van der Waals surface area contributed by atoms with Gasteiger partial charge in [0.15, 0.2) is 0 Å². The molecule has 4 heteroatoms. The fourth-order valence-corrected chi connectivity index (χ4v) is 2.34. The molecule has 0 spiro atoms. The van der Waals surface area contributed by atoms with Gasteiger partial charge in [0.05, 0.1) is 11.5 Å². The number of hydrogen-bond acceptors (Lipinski definition) is 3. The Morgan fingerprint density at radius 3 is 2.84 bits per heavy atom. The lowest BCUT2D eigenvalue weighted by atomic mass is 9.84. The summed E-state index contributed by atoms with van der Waals surface area (Å²) in [5.74, 6) is -0.0365. The summed E-state index contributed by atoms with van der Waals surface area (Å²) < 4.78 is 5.60. The zero-order valence-corrected chi connectivity index (χ0v) is 11.5. The predicted octanol–water partition coefficient (Wildman–Crippen LogP) is 2.54. The SMILES string of the molecule is CC1Cc2cc(C(O)CC(C)(C)C(=O)O)ccc2O1. The first-order valence-corrected chi connectivity index (χ1v) is 6.50. The summed E-state index contributed by atoms with van der Waals surface area (Å²) in [7, 11) is 0. The first-order chi connectivity index (χ1) is 8.79. The van der Waals surface area contributed by atoms with Crippen molar-refractivity contribution in [2.24, 2.45) is 5.41 Å². The van der Waals surface area contributed by atoms with Gasteiger partial charge in [-0.1, -0.05) is 6.07 Å². The fourth-order valence-electron chi connectivity index (χ4n) is 2.34. The van der Waals surface area contributed by atoms with Crippen molar-refractivity contribution in [3.63, 3.8) is 0 Å². The van der Waals surface area contributed by atoms with E-state index in [1.165, 1.54) is 0 Å². The van der Waals surface area contributed by atoms with Crippen molar-refractivity contribution in [1.29, 1.82) is 0 Å². The van der Waals surface area contributed by atoms with Gasteiger partial charge in [-0.25, -0.2) is 0 Å². The normalized spacial score (nSPS) is 19.7. The van der Waals surface area contributed by atoms with E-state index >= 15 is 0 Å². The van der Waals surface area contributed by atoms with Crippen LogP contribution < -0.4 is 4.74 Å². The Balaban J connectivity index is 2.15. The van der Waals surface area contributed by atoms with Crippen molar-refractivity contribution in [2.45, 2.75) is 45.8 Å². The lowest BCUT2D eigenvalue weighted by Crippen LogP contribution is -2.26. The van der Waals surface area contributed by atoms with Crippen molar-refractivity contribution in [3.8, 4) is 5.75 Å². The van der Waals surface area contributed by atoms with Crippen LogP contribution in [0.25, 0.3) is 0 Å². The van der Waals surface area contributed by atoms with Crippen LogP contribution >= 0.6 is 0 Å². The van der Waals surface area contributed by atoms with Crippen LogP contribution in [0.1, 0.15) is 44.4 Å². The summed E-state index contributed by atoms with van der Waals surface area (Å²) in [5, 5.41) is 19.3. The minimum atomic E-state index is -0.942. The maximum atomic E-state index is 11.1. The second kappa shape index (κ2) is 4.85. The zero-order valence-electron chi connectivity index (χ0n) is 11.5. The highest BCUT2D eigenvalue weighted by Crippen LogP contribution is 2.35. The fraction of sp³-hybridized carbons (Fsp3) is 0.533. The molecule has 104 valence electrons. The molecule has 2 N–H and O–H groups in total. The molecule has 0 saturated carbocycles. The molecule has 0 aromatic heterocycles. The molecule has 1 aliphatic heterocycles. The van der Waals surface area contributed by atoms with Crippen LogP contribution in [-0.2, 0) is 11.2 Å². The summed E-state index contributed by atoms with van der Waals surface area (Å²) >= 11 is 0. The third kappa shape index (κ3) is 2.89. The molecule has 0 saturated heterocycles. The Labute approximate surface area is 113 Å². The van der Waals surface area contributed by atoms with Gasteiger partial charge in [-0.3, -0.25) is 4.79 Å². The Bertz CT molecular complexity index is 493. The first-order valence-electron chi connectivity index (χ1n) is 6.50. The van der Waals surface area contributed by atoms with Gasteiger partial charge in [0.1, 0.15) is 11.9 Å². The van der Waals surface area contributed by atoms with E-state index in [1.54, 1.807) is 19.9 Å². The number of hydrogen-bond donors (Lipinski definition) is 2.